The summed E-state index contributed by atoms with van der Waals surface area (Å²) in [4.78, 5) is 11.0. The maximum absolute atomic E-state index is 11.0. The summed E-state index contributed by atoms with van der Waals surface area (Å²) in [5.74, 6) is -1.58. The Morgan fingerprint density at radius 1 is 1.60 bits per heavy atom. The average Bonchev–Trinajstić information content (AvgIpc) is 2.18. The highest BCUT2D eigenvalue weighted by Gasteiger charge is 2.20. The molecule has 1 rings (SSSR count). The van der Waals surface area contributed by atoms with Crippen molar-refractivity contribution >= 4 is 17.6 Å². The summed E-state index contributed by atoms with van der Waals surface area (Å²) in [5.41, 5.74) is 7.16. The Hall–Kier alpha value is -1.06. The number of halogens is 1. The van der Waals surface area contributed by atoms with E-state index in [-0.39, 0.29) is 6.54 Å². The third-order valence-corrected chi connectivity index (χ3v) is 2.63. The molecule has 0 aromatic heterocycles. The van der Waals surface area contributed by atoms with E-state index in [1.165, 1.54) is 0 Å². The second kappa shape index (κ2) is 5.14. The third-order valence-electron chi connectivity index (χ3n) is 2.40. The van der Waals surface area contributed by atoms with E-state index in [1.54, 1.807) is 12.1 Å². The van der Waals surface area contributed by atoms with E-state index < -0.39 is 11.9 Å². The van der Waals surface area contributed by atoms with Crippen molar-refractivity contribution in [2.45, 2.75) is 19.3 Å². The molecule has 4 heteroatoms. The van der Waals surface area contributed by atoms with Crippen molar-refractivity contribution in [1.29, 1.82) is 0 Å². The molecule has 0 aliphatic rings. The van der Waals surface area contributed by atoms with Crippen molar-refractivity contribution < 1.29 is 9.90 Å². The predicted octanol–water partition coefficient (Wildman–Crippen LogP) is 2.03. The minimum Gasteiger partial charge on any atom is -0.481 e. The number of aliphatic carboxylic acids is 1. The second-order valence-corrected chi connectivity index (χ2v) is 3.76. The Morgan fingerprint density at radius 2 is 2.27 bits per heavy atom. The molecule has 1 aromatic rings. The Labute approximate surface area is 93.9 Å². The summed E-state index contributed by atoms with van der Waals surface area (Å²) in [7, 11) is 0. The van der Waals surface area contributed by atoms with Gasteiger partial charge >= 0.3 is 5.97 Å². The van der Waals surface area contributed by atoms with Crippen LogP contribution in [0.15, 0.2) is 18.2 Å². The van der Waals surface area contributed by atoms with Gasteiger partial charge in [0.15, 0.2) is 0 Å². The first kappa shape index (κ1) is 12.0. The van der Waals surface area contributed by atoms with Crippen molar-refractivity contribution in [3.8, 4) is 0 Å². The van der Waals surface area contributed by atoms with Gasteiger partial charge in [-0.2, -0.15) is 0 Å². The summed E-state index contributed by atoms with van der Waals surface area (Å²) in [6.07, 6.45) is 0.774. The van der Waals surface area contributed by atoms with Gasteiger partial charge in [-0.25, -0.2) is 0 Å². The molecule has 82 valence electrons. The molecule has 0 fully saturated rings. The monoisotopic (exact) mass is 227 g/mol. The van der Waals surface area contributed by atoms with Crippen LogP contribution in [0.1, 0.15) is 24.0 Å². The van der Waals surface area contributed by atoms with Crippen LogP contribution in [0.3, 0.4) is 0 Å². The van der Waals surface area contributed by atoms with E-state index in [9.17, 15) is 4.79 Å². The van der Waals surface area contributed by atoms with Crippen LogP contribution in [0.25, 0.3) is 0 Å². The zero-order valence-electron chi connectivity index (χ0n) is 8.53. The lowest BCUT2D eigenvalue weighted by Gasteiger charge is -2.14. The Morgan fingerprint density at radius 3 is 2.73 bits per heavy atom. The Bertz CT molecular complexity index is 366. The van der Waals surface area contributed by atoms with Crippen LogP contribution in [-0.4, -0.2) is 17.6 Å². The van der Waals surface area contributed by atoms with E-state index in [0.717, 1.165) is 17.5 Å². The van der Waals surface area contributed by atoms with E-state index in [1.807, 2.05) is 13.0 Å². The maximum Gasteiger partial charge on any atom is 0.312 e. The van der Waals surface area contributed by atoms with Crippen molar-refractivity contribution in [3.63, 3.8) is 0 Å². The lowest BCUT2D eigenvalue weighted by molar-refractivity contribution is -0.138. The number of carboxylic acid groups (broad SMARTS) is 1. The Balaban J connectivity index is 3.19. The molecule has 3 nitrogen and oxygen atoms in total. The topological polar surface area (TPSA) is 63.3 Å². The number of rotatable bonds is 4. The number of carbonyl (C=O) groups is 1. The number of carboxylic acids is 1. The van der Waals surface area contributed by atoms with Gasteiger partial charge in [0.1, 0.15) is 0 Å². The minimum atomic E-state index is -0.908. The summed E-state index contributed by atoms with van der Waals surface area (Å²) < 4.78 is 0. The molecular formula is C11H14ClNO2. The minimum absolute atomic E-state index is 0.0860. The third kappa shape index (κ3) is 2.70. The molecule has 0 bridgehead atoms. The zero-order chi connectivity index (χ0) is 11.4. The van der Waals surface area contributed by atoms with E-state index in [0.29, 0.717) is 5.02 Å². The first-order chi connectivity index (χ1) is 7.10. The highest BCUT2D eigenvalue weighted by Crippen LogP contribution is 2.24. The summed E-state index contributed by atoms with van der Waals surface area (Å²) >= 11 is 5.85. The normalized spacial score (nSPS) is 12.5. The van der Waals surface area contributed by atoms with Gasteiger partial charge in [0, 0.05) is 11.6 Å². The number of hydrogen-bond donors (Lipinski definition) is 2. The van der Waals surface area contributed by atoms with Gasteiger partial charge in [-0.1, -0.05) is 24.6 Å². The molecule has 0 saturated heterocycles. The summed E-state index contributed by atoms with van der Waals surface area (Å²) in [6, 6.07) is 5.30. The lowest BCUT2D eigenvalue weighted by Crippen LogP contribution is -2.22. The van der Waals surface area contributed by atoms with Gasteiger partial charge in [0.2, 0.25) is 0 Å². The largest absolute Gasteiger partial charge is 0.481 e. The fourth-order valence-electron chi connectivity index (χ4n) is 1.57. The summed E-state index contributed by atoms with van der Waals surface area (Å²) in [6.45, 7) is 2.06. The van der Waals surface area contributed by atoms with Crippen LogP contribution >= 0.6 is 11.6 Å². The van der Waals surface area contributed by atoms with Crippen LogP contribution in [0, 0.1) is 0 Å². The molecule has 0 saturated carbocycles. The van der Waals surface area contributed by atoms with Gasteiger partial charge < -0.3 is 10.8 Å². The van der Waals surface area contributed by atoms with Crippen LogP contribution in [0.4, 0.5) is 0 Å². The average molecular weight is 228 g/mol. The molecule has 0 heterocycles. The molecule has 0 aliphatic heterocycles. The quantitative estimate of drug-likeness (QED) is 0.827. The maximum atomic E-state index is 11.0. The first-order valence-electron chi connectivity index (χ1n) is 4.81. The SMILES string of the molecule is CCc1ccc(Cl)cc1C(CN)C(=O)O. The second-order valence-electron chi connectivity index (χ2n) is 3.32. The molecule has 0 amide bonds. The number of benzene rings is 1. The number of hydrogen-bond acceptors (Lipinski definition) is 2. The molecule has 0 aliphatic carbocycles. The van der Waals surface area contributed by atoms with Gasteiger partial charge in [-0.05, 0) is 29.7 Å². The standard InChI is InChI=1S/C11H14ClNO2/c1-2-7-3-4-8(12)5-9(7)10(6-13)11(14)15/h3-5,10H,2,6,13H2,1H3,(H,14,15). The smallest absolute Gasteiger partial charge is 0.312 e. The van der Waals surface area contributed by atoms with Crippen LogP contribution < -0.4 is 5.73 Å². The highest BCUT2D eigenvalue weighted by molar-refractivity contribution is 6.30. The molecule has 0 spiro atoms. The predicted molar refractivity (Wildman–Crippen MR) is 60.3 cm³/mol. The molecular weight excluding hydrogens is 214 g/mol. The fourth-order valence-corrected chi connectivity index (χ4v) is 1.75. The van der Waals surface area contributed by atoms with Gasteiger partial charge in [-0.3, -0.25) is 4.79 Å². The molecule has 1 aromatic carbocycles. The van der Waals surface area contributed by atoms with Crippen LogP contribution in [0.2, 0.25) is 5.02 Å². The fraction of sp³-hybridized carbons (Fsp3) is 0.364. The molecule has 1 atom stereocenters. The van der Waals surface area contributed by atoms with Crippen molar-refractivity contribution in [1.82, 2.24) is 0 Å². The molecule has 0 radical (unpaired) electrons. The highest BCUT2D eigenvalue weighted by atomic mass is 35.5. The van der Waals surface area contributed by atoms with Crippen molar-refractivity contribution in [3.05, 3.63) is 34.3 Å². The van der Waals surface area contributed by atoms with Gasteiger partial charge in [0.25, 0.3) is 0 Å². The van der Waals surface area contributed by atoms with E-state index in [2.05, 4.69) is 0 Å². The van der Waals surface area contributed by atoms with E-state index in [4.69, 9.17) is 22.4 Å². The lowest BCUT2D eigenvalue weighted by atomic mass is 9.93. The zero-order valence-corrected chi connectivity index (χ0v) is 9.29. The summed E-state index contributed by atoms with van der Waals surface area (Å²) in [5, 5.41) is 9.56. The molecule has 15 heavy (non-hydrogen) atoms. The number of nitrogens with two attached hydrogens (primary N) is 1. The van der Waals surface area contributed by atoms with Gasteiger partial charge in [-0.15, -0.1) is 0 Å². The van der Waals surface area contributed by atoms with E-state index >= 15 is 0 Å². The first-order valence-corrected chi connectivity index (χ1v) is 5.19. The number of aryl methyl sites for hydroxylation is 1. The Kier molecular flexibility index (Phi) is 4.12. The van der Waals surface area contributed by atoms with Crippen LogP contribution in [0.5, 0.6) is 0 Å². The van der Waals surface area contributed by atoms with Crippen LogP contribution in [-0.2, 0) is 11.2 Å². The molecule has 3 N–H and O–H groups in total. The van der Waals surface area contributed by atoms with Gasteiger partial charge in [0.05, 0.1) is 5.92 Å². The molecule has 1 unspecified atom stereocenters. The van der Waals surface area contributed by atoms with Crippen molar-refractivity contribution in [2.75, 3.05) is 6.54 Å². The van der Waals surface area contributed by atoms with Crippen molar-refractivity contribution in [2.24, 2.45) is 5.73 Å².